The van der Waals surface area contributed by atoms with Gasteiger partial charge >= 0.3 is 0 Å². The average molecular weight is 293 g/mol. The molecule has 0 radical (unpaired) electrons. The second kappa shape index (κ2) is 6.13. The zero-order valence-electron chi connectivity index (χ0n) is 11.7. The summed E-state index contributed by atoms with van der Waals surface area (Å²) in [6.45, 7) is 3.85. The van der Waals surface area contributed by atoms with Gasteiger partial charge in [0.1, 0.15) is 5.76 Å². The van der Waals surface area contributed by atoms with Crippen LogP contribution in [0.5, 0.6) is 0 Å². The normalized spacial score (nSPS) is 13.1. The molecule has 0 aliphatic carbocycles. The smallest absolute Gasteiger partial charge is 0.178 e. The van der Waals surface area contributed by atoms with E-state index in [1.165, 1.54) is 0 Å². The minimum absolute atomic E-state index is 0.0306. The second-order valence-electron chi connectivity index (χ2n) is 4.72. The quantitative estimate of drug-likeness (QED) is 0.883. The minimum Gasteiger partial charge on any atom is -0.467 e. The molecule has 1 heterocycles. The van der Waals surface area contributed by atoms with E-state index in [9.17, 15) is 8.42 Å². The van der Waals surface area contributed by atoms with Gasteiger partial charge in [-0.15, -0.1) is 0 Å². The lowest BCUT2D eigenvalue weighted by atomic mass is 10.2. The molecule has 0 aliphatic rings. The van der Waals surface area contributed by atoms with Crippen LogP contribution in [0.15, 0.2) is 52.0 Å². The topological polar surface area (TPSA) is 59.3 Å². The molecule has 1 unspecified atom stereocenters. The van der Waals surface area contributed by atoms with Crippen molar-refractivity contribution in [2.24, 2.45) is 0 Å². The van der Waals surface area contributed by atoms with Crippen molar-refractivity contribution in [3.05, 3.63) is 48.4 Å². The molecule has 2 aromatic rings. The highest BCUT2D eigenvalue weighted by atomic mass is 32.2. The van der Waals surface area contributed by atoms with Gasteiger partial charge in [-0.25, -0.2) is 8.42 Å². The third-order valence-corrected chi connectivity index (χ3v) is 4.98. The fraction of sp³-hybridized carbons (Fsp3) is 0.333. The summed E-state index contributed by atoms with van der Waals surface area (Å²) in [5, 5.41) is 3.27. The lowest BCUT2D eigenvalue weighted by Gasteiger charge is -2.13. The number of rotatable bonds is 6. The van der Waals surface area contributed by atoms with Gasteiger partial charge in [0, 0.05) is 5.69 Å². The third kappa shape index (κ3) is 3.42. The Bertz CT molecular complexity index is 630. The molecule has 108 valence electrons. The number of furan rings is 1. The molecule has 1 N–H and O–H groups in total. The van der Waals surface area contributed by atoms with Crippen molar-refractivity contribution < 1.29 is 12.8 Å². The second-order valence-corrected chi connectivity index (χ2v) is 6.83. The van der Waals surface area contributed by atoms with Crippen molar-refractivity contribution in [1.29, 1.82) is 0 Å². The molecule has 2 rings (SSSR count). The molecule has 0 saturated heterocycles. The van der Waals surface area contributed by atoms with E-state index in [2.05, 4.69) is 5.32 Å². The highest BCUT2D eigenvalue weighted by Gasteiger charge is 2.13. The number of hydrogen-bond donors (Lipinski definition) is 1. The summed E-state index contributed by atoms with van der Waals surface area (Å²) in [6, 6.07) is 10.6. The highest BCUT2D eigenvalue weighted by molar-refractivity contribution is 7.91. The molecular weight excluding hydrogens is 274 g/mol. The molecule has 1 atom stereocenters. The SMILES string of the molecule is CCCS(=O)(=O)c1ccc(NC(C)c2ccco2)cc1. The van der Waals surface area contributed by atoms with Crippen molar-refractivity contribution >= 4 is 15.5 Å². The Hall–Kier alpha value is -1.75. The summed E-state index contributed by atoms with van der Waals surface area (Å²) >= 11 is 0. The molecule has 4 nitrogen and oxygen atoms in total. The monoisotopic (exact) mass is 293 g/mol. The third-order valence-electron chi connectivity index (χ3n) is 3.04. The van der Waals surface area contributed by atoms with Gasteiger partial charge in [0.15, 0.2) is 9.84 Å². The van der Waals surface area contributed by atoms with Gasteiger partial charge in [-0.05, 0) is 49.7 Å². The first-order chi connectivity index (χ1) is 9.53. The summed E-state index contributed by atoms with van der Waals surface area (Å²) in [7, 11) is -3.15. The zero-order chi connectivity index (χ0) is 14.6. The van der Waals surface area contributed by atoms with Crippen LogP contribution < -0.4 is 5.32 Å². The van der Waals surface area contributed by atoms with Crippen molar-refractivity contribution in [3.63, 3.8) is 0 Å². The number of nitrogens with one attached hydrogen (secondary N) is 1. The van der Waals surface area contributed by atoms with Crippen LogP contribution in [0.2, 0.25) is 0 Å². The Morgan fingerprint density at radius 1 is 1.20 bits per heavy atom. The Morgan fingerprint density at radius 2 is 1.90 bits per heavy atom. The first-order valence-corrected chi connectivity index (χ1v) is 8.31. The molecule has 1 aromatic carbocycles. The van der Waals surface area contributed by atoms with Crippen molar-refractivity contribution in [2.45, 2.75) is 31.2 Å². The highest BCUT2D eigenvalue weighted by Crippen LogP contribution is 2.21. The Morgan fingerprint density at radius 3 is 2.45 bits per heavy atom. The maximum atomic E-state index is 11.9. The first-order valence-electron chi connectivity index (χ1n) is 6.65. The molecular formula is C15H19NO3S. The fourth-order valence-corrected chi connectivity index (χ4v) is 3.33. The van der Waals surface area contributed by atoms with Gasteiger partial charge in [0.2, 0.25) is 0 Å². The van der Waals surface area contributed by atoms with E-state index in [1.807, 2.05) is 26.0 Å². The number of anilines is 1. The zero-order valence-corrected chi connectivity index (χ0v) is 12.5. The van der Waals surface area contributed by atoms with Crippen LogP contribution in [0.3, 0.4) is 0 Å². The van der Waals surface area contributed by atoms with Gasteiger partial charge in [0.25, 0.3) is 0 Å². The van der Waals surface area contributed by atoms with Gasteiger partial charge in [-0.1, -0.05) is 6.92 Å². The van der Waals surface area contributed by atoms with E-state index in [4.69, 9.17) is 4.42 Å². The van der Waals surface area contributed by atoms with Crippen LogP contribution in [-0.2, 0) is 9.84 Å². The van der Waals surface area contributed by atoms with E-state index in [0.29, 0.717) is 11.3 Å². The molecule has 1 aromatic heterocycles. The van der Waals surface area contributed by atoms with Crippen molar-refractivity contribution in [2.75, 3.05) is 11.1 Å². The maximum absolute atomic E-state index is 11.9. The van der Waals surface area contributed by atoms with E-state index >= 15 is 0 Å². The minimum atomic E-state index is -3.15. The van der Waals surface area contributed by atoms with Crippen LogP contribution in [0.1, 0.15) is 32.1 Å². The van der Waals surface area contributed by atoms with E-state index in [1.54, 1.807) is 30.5 Å². The Kier molecular flexibility index (Phi) is 4.49. The summed E-state index contributed by atoms with van der Waals surface area (Å²) in [6.07, 6.45) is 2.26. The standard InChI is InChI=1S/C15H19NO3S/c1-3-11-20(17,18)14-8-6-13(7-9-14)16-12(2)15-5-4-10-19-15/h4-10,12,16H,3,11H2,1-2H3. The van der Waals surface area contributed by atoms with E-state index in [-0.39, 0.29) is 11.8 Å². The van der Waals surface area contributed by atoms with E-state index < -0.39 is 9.84 Å². The predicted octanol–water partition coefficient (Wildman–Crippen LogP) is 3.64. The molecule has 0 spiro atoms. The Balaban J connectivity index is 2.09. The van der Waals surface area contributed by atoms with Gasteiger partial charge in [-0.2, -0.15) is 0 Å². The van der Waals surface area contributed by atoms with Crippen LogP contribution in [0, 0.1) is 0 Å². The lowest BCUT2D eigenvalue weighted by Crippen LogP contribution is -2.07. The molecule has 0 aliphatic heterocycles. The Labute approximate surface area is 119 Å². The molecule has 20 heavy (non-hydrogen) atoms. The van der Waals surface area contributed by atoms with Crippen molar-refractivity contribution in [3.8, 4) is 0 Å². The van der Waals surface area contributed by atoms with Gasteiger partial charge < -0.3 is 9.73 Å². The molecule has 0 bridgehead atoms. The summed E-state index contributed by atoms with van der Waals surface area (Å²) < 4.78 is 29.2. The number of hydrogen-bond acceptors (Lipinski definition) is 4. The van der Waals surface area contributed by atoms with Gasteiger partial charge in [-0.3, -0.25) is 0 Å². The van der Waals surface area contributed by atoms with Crippen molar-refractivity contribution in [1.82, 2.24) is 0 Å². The number of benzene rings is 1. The lowest BCUT2D eigenvalue weighted by molar-refractivity contribution is 0.490. The summed E-state index contributed by atoms with van der Waals surface area (Å²) in [4.78, 5) is 0.371. The van der Waals surface area contributed by atoms with Crippen LogP contribution >= 0.6 is 0 Å². The van der Waals surface area contributed by atoms with Crippen LogP contribution in [0.25, 0.3) is 0 Å². The van der Waals surface area contributed by atoms with Crippen LogP contribution in [0.4, 0.5) is 5.69 Å². The molecule has 0 fully saturated rings. The van der Waals surface area contributed by atoms with E-state index in [0.717, 1.165) is 11.4 Å². The maximum Gasteiger partial charge on any atom is 0.178 e. The first kappa shape index (κ1) is 14.7. The summed E-state index contributed by atoms with van der Waals surface area (Å²) in [5.41, 5.74) is 0.865. The number of sulfone groups is 1. The predicted molar refractivity (Wildman–Crippen MR) is 79.5 cm³/mol. The molecule has 5 heteroatoms. The van der Waals surface area contributed by atoms with Crippen LogP contribution in [-0.4, -0.2) is 14.2 Å². The van der Waals surface area contributed by atoms with Gasteiger partial charge in [0.05, 0.1) is 23.0 Å². The molecule has 0 saturated carbocycles. The fourth-order valence-electron chi connectivity index (χ4n) is 2.00. The summed E-state index contributed by atoms with van der Waals surface area (Å²) in [5.74, 6) is 1.02. The largest absolute Gasteiger partial charge is 0.467 e. The molecule has 0 amide bonds. The average Bonchev–Trinajstić information content (AvgIpc) is 2.93.